The minimum absolute atomic E-state index is 0.0162. The Morgan fingerprint density at radius 1 is 1.30 bits per heavy atom. The van der Waals surface area contributed by atoms with Crippen LogP contribution in [0.3, 0.4) is 0 Å². The van der Waals surface area contributed by atoms with E-state index >= 15 is 0 Å². The molecule has 0 amide bonds. The molecule has 110 valence electrons. The van der Waals surface area contributed by atoms with Crippen molar-refractivity contribution in [1.29, 1.82) is 0 Å². The number of hydrogen-bond donors (Lipinski definition) is 0. The molecule has 0 aliphatic carbocycles. The highest BCUT2D eigenvalue weighted by atomic mass is 32.2. The van der Waals surface area contributed by atoms with Crippen molar-refractivity contribution in [2.24, 2.45) is 0 Å². The van der Waals surface area contributed by atoms with Crippen LogP contribution in [0.15, 0.2) is 46.7 Å². The van der Waals surface area contributed by atoms with Crippen LogP contribution in [0.1, 0.15) is 38.5 Å². The molecule has 1 heterocycles. The molecule has 1 fully saturated rings. The minimum atomic E-state index is -0.0162. The summed E-state index contributed by atoms with van der Waals surface area (Å²) in [6, 6.07) is 10.4. The van der Waals surface area contributed by atoms with Gasteiger partial charge in [-0.15, -0.1) is 0 Å². The Hall–Kier alpha value is -0.770. The van der Waals surface area contributed by atoms with Gasteiger partial charge in [0.15, 0.2) is 6.29 Å². The lowest BCUT2D eigenvalue weighted by Crippen LogP contribution is -2.21. The second-order valence-electron chi connectivity index (χ2n) is 5.20. The van der Waals surface area contributed by atoms with Gasteiger partial charge in [0, 0.05) is 12.0 Å². The number of hydrogen-bond acceptors (Lipinski definition) is 3. The Balaban J connectivity index is 1.75. The summed E-state index contributed by atoms with van der Waals surface area (Å²) in [5, 5.41) is 0. The average Bonchev–Trinajstić information content (AvgIpc) is 2.71. The van der Waals surface area contributed by atoms with Crippen molar-refractivity contribution in [2.75, 3.05) is 7.11 Å². The number of ether oxygens (including phenoxy) is 2. The van der Waals surface area contributed by atoms with E-state index in [-0.39, 0.29) is 6.29 Å². The predicted molar refractivity (Wildman–Crippen MR) is 84.8 cm³/mol. The molecule has 2 nitrogen and oxygen atoms in total. The Kier molecular flexibility index (Phi) is 6.64. The third-order valence-electron chi connectivity index (χ3n) is 3.57. The van der Waals surface area contributed by atoms with Gasteiger partial charge in [-0.25, -0.2) is 0 Å². The van der Waals surface area contributed by atoms with Crippen molar-refractivity contribution >= 4 is 11.8 Å². The standard InChI is InChI=1S/C17H24O2S/c1-14(20-16-9-4-3-5-10-16)12-13-15-8-6-7-11-17(18-2)19-15/h3-5,9-10,15,17H,1,6-8,11-13H2,2H3. The second kappa shape index (κ2) is 8.50. The van der Waals surface area contributed by atoms with E-state index in [9.17, 15) is 0 Å². The summed E-state index contributed by atoms with van der Waals surface area (Å²) in [7, 11) is 1.73. The molecular weight excluding hydrogens is 268 g/mol. The summed E-state index contributed by atoms with van der Waals surface area (Å²) in [6.07, 6.45) is 6.94. The average molecular weight is 292 g/mol. The van der Waals surface area contributed by atoms with Crippen molar-refractivity contribution in [1.82, 2.24) is 0 Å². The smallest absolute Gasteiger partial charge is 0.157 e. The number of rotatable bonds is 6. The summed E-state index contributed by atoms with van der Waals surface area (Å²) in [5.74, 6) is 0. The van der Waals surface area contributed by atoms with E-state index in [1.807, 2.05) is 6.07 Å². The Morgan fingerprint density at radius 3 is 2.80 bits per heavy atom. The lowest BCUT2D eigenvalue weighted by molar-refractivity contribution is -0.153. The van der Waals surface area contributed by atoms with Gasteiger partial charge in [0.25, 0.3) is 0 Å². The summed E-state index contributed by atoms with van der Waals surface area (Å²) in [4.78, 5) is 2.46. The fourth-order valence-corrected chi connectivity index (χ4v) is 3.29. The van der Waals surface area contributed by atoms with Crippen molar-refractivity contribution in [3.05, 3.63) is 41.8 Å². The Labute approximate surface area is 126 Å². The highest BCUT2D eigenvalue weighted by Gasteiger charge is 2.20. The first-order valence-electron chi connectivity index (χ1n) is 7.37. The number of allylic oxidation sites excluding steroid dienone is 1. The van der Waals surface area contributed by atoms with Crippen LogP contribution in [-0.4, -0.2) is 19.5 Å². The van der Waals surface area contributed by atoms with Crippen LogP contribution in [0.4, 0.5) is 0 Å². The molecule has 1 aliphatic heterocycles. The minimum Gasteiger partial charge on any atom is -0.356 e. The molecule has 0 N–H and O–H groups in total. The first-order valence-corrected chi connectivity index (χ1v) is 8.18. The summed E-state index contributed by atoms with van der Waals surface area (Å²) in [5.41, 5.74) is 0. The van der Waals surface area contributed by atoms with E-state index in [1.165, 1.54) is 22.6 Å². The van der Waals surface area contributed by atoms with E-state index in [0.29, 0.717) is 6.10 Å². The van der Waals surface area contributed by atoms with Crippen LogP contribution < -0.4 is 0 Å². The van der Waals surface area contributed by atoms with Gasteiger partial charge in [-0.3, -0.25) is 0 Å². The molecule has 0 spiro atoms. The molecule has 2 rings (SSSR count). The SMILES string of the molecule is C=C(CCC1CCCCC(OC)O1)Sc1ccccc1. The Bertz CT molecular complexity index is 405. The van der Waals surface area contributed by atoms with Crippen molar-refractivity contribution < 1.29 is 9.47 Å². The monoisotopic (exact) mass is 292 g/mol. The Morgan fingerprint density at radius 2 is 2.05 bits per heavy atom. The third-order valence-corrected chi connectivity index (χ3v) is 4.57. The molecular formula is C17H24O2S. The van der Waals surface area contributed by atoms with Crippen molar-refractivity contribution in [2.45, 2.75) is 55.8 Å². The van der Waals surface area contributed by atoms with E-state index in [0.717, 1.165) is 25.7 Å². The fourth-order valence-electron chi connectivity index (χ4n) is 2.45. The van der Waals surface area contributed by atoms with Crippen LogP contribution in [0.5, 0.6) is 0 Å². The molecule has 0 bridgehead atoms. The largest absolute Gasteiger partial charge is 0.356 e. The fraction of sp³-hybridized carbons (Fsp3) is 0.529. The van der Waals surface area contributed by atoms with E-state index in [4.69, 9.17) is 9.47 Å². The van der Waals surface area contributed by atoms with E-state index in [2.05, 4.69) is 30.8 Å². The molecule has 1 aliphatic rings. The zero-order valence-corrected chi connectivity index (χ0v) is 13.0. The third kappa shape index (κ3) is 5.31. The molecule has 1 aromatic carbocycles. The molecule has 0 radical (unpaired) electrons. The van der Waals surface area contributed by atoms with Crippen molar-refractivity contribution in [3.8, 4) is 0 Å². The molecule has 2 atom stereocenters. The van der Waals surface area contributed by atoms with Crippen LogP contribution in [-0.2, 0) is 9.47 Å². The van der Waals surface area contributed by atoms with Crippen LogP contribution in [0.25, 0.3) is 0 Å². The predicted octanol–water partition coefficient (Wildman–Crippen LogP) is 5.00. The van der Waals surface area contributed by atoms with Gasteiger partial charge in [-0.1, -0.05) is 43.0 Å². The highest BCUT2D eigenvalue weighted by Crippen LogP contribution is 2.30. The van der Waals surface area contributed by atoms with Gasteiger partial charge in [0.2, 0.25) is 0 Å². The normalized spacial score (nSPS) is 23.2. The van der Waals surface area contributed by atoms with Crippen molar-refractivity contribution in [3.63, 3.8) is 0 Å². The zero-order valence-electron chi connectivity index (χ0n) is 12.2. The van der Waals surface area contributed by atoms with Gasteiger partial charge in [0.1, 0.15) is 0 Å². The van der Waals surface area contributed by atoms with Gasteiger partial charge >= 0.3 is 0 Å². The number of thioether (sulfide) groups is 1. The van der Waals surface area contributed by atoms with Gasteiger partial charge < -0.3 is 9.47 Å². The first kappa shape index (κ1) is 15.6. The lowest BCUT2D eigenvalue weighted by atomic mass is 10.1. The molecule has 2 unspecified atom stereocenters. The topological polar surface area (TPSA) is 18.5 Å². The molecule has 3 heteroatoms. The maximum atomic E-state index is 5.99. The summed E-state index contributed by atoms with van der Waals surface area (Å²) < 4.78 is 11.3. The number of methoxy groups -OCH3 is 1. The molecule has 0 saturated carbocycles. The quantitative estimate of drug-likeness (QED) is 0.687. The number of benzene rings is 1. The van der Waals surface area contributed by atoms with Crippen LogP contribution >= 0.6 is 11.8 Å². The van der Waals surface area contributed by atoms with Crippen LogP contribution in [0.2, 0.25) is 0 Å². The maximum absolute atomic E-state index is 5.99. The lowest BCUT2D eigenvalue weighted by Gasteiger charge is -2.20. The van der Waals surface area contributed by atoms with Gasteiger partial charge in [-0.05, 0) is 49.1 Å². The van der Waals surface area contributed by atoms with E-state index < -0.39 is 0 Å². The van der Waals surface area contributed by atoms with Gasteiger partial charge in [-0.2, -0.15) is 0 Å². The summed E-state index contributed by atoms with van der Waals surface area (Å²) in [6.45, 7) is 4.17. The van der Waals surface area contributed by atoms with E-state index in [1.54, 1.807) is 18.9 Å². The maximum Gasteiger partial charge on any atom is 0.157 e. The first-order chi connectivity index (χ1) is 9.78. The second-order valence-corrected chi connectivity index (χ2v) is 6.45. The molecule has 1 saturated heterocycles. The molecule has 0 aromatic heterocycles. The molecule has 1 aromatic rings. The summed E-state index contributed by atoms with van der Waals surface area (Å²) >= 11 is 1.76. The molecule has 20 heavy (non-hydrogen) atoms. The van der Waals surface area contributed by atoms with Gasteiger partial charge in [0.05, 0.1) is 6.10 Å². The zero-order chi connectivity index (χ0) is 14.2. The highest BCUT2D eigenvalue weighted by molar-refractivity contribution is 8.03. The van der Waals surface area contributed by atoms with Crippen LogP contribution in [0, 0.1) is 0 Å².